The molecule has 3 N–H and O–H groups in total. The largest absolute Gasteiger partial charge is 0.465 e. The van der Waals surface area contributed by atoms with Gasteiger partial charge in [0.05, 0.1) is 0 Å². The highest BCUT2D eigenvalue weighted by atomic mass is 16.4. The van der Waals surface area contributed by atoms with Crippen molar-refractivity contribution in [2.45, 2.75) is 18.8 Å². The van der Waals surface area contributed by atoms with Crippen molar-refractivity contribution in [1.82, 2.24) is 19.5 Å². The van der Waals surface area contributed by atoms with Gasteiger partial charge in [0.25, 0.3) is 0 Å². The third-order valence-corrected chi connectivity index (χ3v) is 3.62. The Bertz CT molecular complexity index is 624. The normalized spacial score (nSPS) is 19.8. The van der Waals surface area contributed by atoms with Crippen molar-refractivity contribution in [2.24, 2.45) is 0 Å². The highest BCUT2D eigenvalue weighted by Gasteiger charge is 2.26. The molecule has 7 nitrogen and oxygen atoms in total. The monoisotopic (exact) mass is 261 g/mol. The number of carbonyl (C=O) groups is 1. The number of nitrogens with zero attached hydrogens (tertiary/aromatic N) is 4. The van der Waals surface area contributed by atoms with Gasteiger partial charge in [0, 0.05) is 24.7 Å². The minimum absolute atomic E-state index is 0.154. The van der Waals surface area contributed by atoms with Crippen LogP contribution in [0.1, 0.15) is 24.5 Å². The summed E-state index contributed by atoms with van der Waals surface area (Å²) in [5, 5.41) is 13.3. The van der Waals surface area contributed by atoms with Gasteiger partial charge in [0.15, 0.2) is 5.82 Å². The number of amides is 1. The van der Waals surface area contributed by atoms with Gasteiger partial charge in [-0.15, -0.1) is 0 Å². The summed E-state index contributed by atoms with van der Waals surface area (Å²) < 4.78 is 1.76. The van der Waals surface area contributed by atoms with Crippen molar-refractivity contribution in [3.63, 3.8) is 0 Å². The molecule has 1 amide bonds. The van der Waals surface area contributed by atoms with Crippen LogP contribution in [0.4, 0.5) is 10.6 Å². The van der Waals surface area contributed by atoms with Crippen molar-refractivity contribution >= 4 is 17.4 Å². The van der Waals surface area contributed by atoms with Crippen LogP contribution in [-0.4, -0.2) is 43.8 Å². The Kier molecular flexibility index (Phi) is 2.73. The van der Waals surface area contributed by atoms with E-state index in [1.54, 1.807) is 4.52 Å². The molecule has 0 aliphatic carbocycles. The molecule has 0 unspecified atom stereocenters. The molecular formula is C12H15N5O2. The molecule has 1 saturated heterocycles. The minimum Gasteiger partial charge on any atom is -0.465 e. The van der Waals surface area contributed by atoms with Crippen molar-refractivity contribution in [3.8, 4) is 0 Å². The predicted octanol–water partition coefficient (Wildman–Crippen LogP) is 1.17. The van der Waals surface area contributed by atoms with Crippen molar-refractivity contribution in [2.75, 3.05) is 18.8 Å². The molecule has 3 heterocycles. The number of anilines is 1. The third kappa shape index (κ3) is 1.96. The maximum absolute atomic E-state index is 11.1. The molecule has 7 heteroatoms. The maximum atomic E-state index is 11.1. The summed E-state index contributed by atoms with van der Waals surface area (Å²) in [6.45, 7) is 1.11. The van der Waals surface area contributed by atoms with Crippen LogP contribution in [0.25, 0.3) is 5.52 Å². The van der Waals surface area contributed by atoms with Crippen LogP contribution in [0.5, 0.6) is 0 Å². The molecule has 1 fully saturated rings. The lowest BCUT2D eigenvalue weighted by molar-refractivity contribution is 0.130. The fraction of sp³-hybridized carbons (Fsp3) is 0.417. The molecule has 2 aromatic rings. The van der Waals surface area contributed by atoms with Crippen LogP contribution in [0.15, 0.2) is 18.5 Å². The summed E-state index contributed by atoms with van der Waals surface area (Å²) in [6, 6.07) is 3.83. The Morgan fingerprint density at radius 1 is 1.47 bits per heavy atom. The van der Waals surface area contributed by atoms with Crippen LogP contribution in [-0.2, 0) is 0 Å². The SMILES string of the molecule is Nc1ncnn2c([C@@H]3CCCN(C(=O)O)C3)ccc12. The molecule has 0 saturated carbocycles. The van der Waals surface area contributed by atoms with Gasteiger partial charge in [-0.3, -0.25) is 0 Å². The van der Waals surface area contributed by atoms with Gasteiger partial charge in [-0.2, -0.15) is 5.10 Å². The second-order valence-electron chi connectivity index (χ2n) is 4.77. The van der Waals surface area contributed by atoms with Gasteiger partial charge in [-0.25, -0.2) is 14.3 Å². The summed E-state index contributed by atoms with van der Waals surface area (Å²) in [4.78, 5) is 16.5. The van der Waals surface area contributed by atoms with Crippen LogP contribution < -0.4 is 5.73 Å². The molecule has 3 rings (SSSR count). The van der Waals surface area contributed by atoms with Gasteiger partial charge in [-0.1, -0.05) is 0 Å². The highest BCUT2D eigenvalue weighted by molar-refractivity contribution is 5.66. The Labute approximate surface area is 109 Å². The van der Waals surface area contributed by atoms with E-state index < -0.39 is 6.09 Å². The van der Waals surface area contributed by atoms with Crippen LogP contribution in [0.2, 0.25) is 0 Å². The first kappa shape index (κ1) is 11.8. The molecule has 1 atom stereocenters. The zero-order chi connectivity index (χ0) is 13.4. The van der Waals surface area contributed by atoms with Gasteiger partial charge in [-0.05, 0) is 25.0 Å². The van der Waals surface area contributed by atoms with E-state index in [0.717, 1.165) is 24.1 Å². The topological polar surface area (TPSA) is 96.8 Å². The van der Waals surface area contributed by atoms with Gasteiger partial charge >= 0.3 is 6.09 Å². The molecule has 1 aliphatic rings. The van der Waals surface area contributed by atoms with Crippen LogP contribution in [0, 0.1) is 0 Å². The van der Waals surface area contributed by atoms with Gasteiger partial charge in [0.1, 0.15) is 11.8 Å². The lowest BCUT2D eigenvalue weighted by Crippen LogP contribution is -2.38. The number of likely N-dealkylation sites (tertiary alicyclic amines) is 1. The van der Waals surface area contributed by atoms with E-state index in [0.29, 0.717) is 18.9 Å². The Morgan fingerprint density at radius 3 is 3.11 bits per heavy atom. The Hall–Kier alpha value is -2.31. The van der Waals surface area contributed by atoms with E-state index >= 15 is 0 Å². The lowest BCUT2D eigenvalue weighted by Gasteiger charge is -2.30. The van der Waals surface area contributed by atoms with Gasteiger partial charge in [0.2, 0.25) is 0 Å². The zero-order valence-corrected chi connectivity index (χ0v) is 10.4. The molecular weight excluding hydrogens is 246 g/mol. The van der Waals surface area contributed by atoms with Crippen LogP contribution in [0.3, 0.4) is 0 Å². The second kappa shape index (κ2) is 4.42. The highest BCUT2D eigenvalue weighted by Crippen LogP contribution is 2.28. The number of nitrogen functional groups attached to an aromatic ring is 1. The number of aromatic nitrogens is 3. The summed E-state index contributed by atoms with van der Waals surface area (Å²) in [6.07, 6.45) is 2.38. The number of fused-ring (bicyclic) bond motifs is 1. The summed E-state index contributed by atoms with van der Waals surface area (Å²) in [5.74, 6) is 0.591. The van der Waals surface area contributed by atoms with E-state index in [1.165, 1.54) is 11.2 Å². The predicted molar refractivity (Wildman–Crippen MR) is 69.0 cm³/mol. The number of piperidine rings is 1. The molecule has 0 aromatic carbocycles. The lowest BCUT2D eigenvalue weighted by atomic mass is 9.95. The molecule has 1 aliphatic heterocycles. The average Bonchev–Trinajstić information content (AvgIpc) is 2.84. The summed E-state index contributed by atoms with van der Waals surface area (Å²) >= 11 is 0. The van der Waals surface area contributed by atoms with E-state index in [1.807, 2.05) is 12.1 Å². The first-order chi connectivity index (χ1) is 9.16. The number of nitrogens with two attached hydrogens (primary N) is 1. The maximum Gasteiger partial charge on any atom is 0.407 e. The summed E-state index contributed by atoms with van der Waals surface area (Å²) in [7, 11) is 0. The standard InChI is InChI=1S/C12H15N5O2/c13-11-10-4-3-9(17(10)15-7-14-11)8-2-1-5-16(6-8)12(18)19/h3-4,7-8H,1-2,5-6H2,(H,18,19)(H2,13,14,15)/t8-/m1/s1. The minimum atomic E-state index is -0.861. The van der Waals surface area contributed by atoms with E-state index in [4.69, 9.17) is 10.8 Å². The fourth-order valence-electron chi connectivity index (χ4n) is 2.67. The molecule has 19 heavy (non-hydrogen) atoms. The first-order valence-electron chi connectivity index (χ1n) is 6.23. The fourth-order valence-corrected chi connectivity index (χ4v) is 2.67. The number of carboxylic acid groups (broad SMARTS) is 1. The Morgan fingerprint density at radius 2 is 2.32 bits per heavy atom. The zero-order valence-electron chi connectivity index (χ0n) is 10.4. The smallest absolute Gasteiger partial charge is 0.407 e. The molecule has 2 aromatic heterocycles. The molecule has 0 bridgehead atoms. The number of hydrogen-bond acceptors (Lipinski definition) is 4. The summed E-state index contributed by atoms with van der Waals surface area (Å²) in [5.41, 5.74) is 7.56. The molecule has 0 radical (unpaired) electrons. The van der Waals surface area contributed by atoms with Crippen LogP contribution >= 0.6 is 0 Å². The van der Waals surface area contributed by atoms with E-state index in [9.17, 15) is 4.79 Å². The van der Waals surface area contributed by atoms with Crippen molar-refractivity contribution < 1.29 is 9.90 Å². The molecule has 100 valence electrons. The first-order valence-corrected chi connectivity index (χ1v) is 6.23. The third-order valence-electron chi connectivity index (χ3n) is 3.62. The van der Waals surface area contributed by atoms with E-state index in [2.05, 4.69) is 10.1 Å². The Balaban J connectivity index is 1.96. The number of rotatable bonds is 1. The van der Waals surface area contributed by atoms with Gasteiger partial charge < -0.3 is 15.7 Å². The van der Waals surface area contributed by atoms with E-state index in [-0.39, 0.29) is 5.92 Å². The quantitative estimate of drug-likeness (QED) is 0.803. The second-order valence-corrected chi connectivity index (χ2v) is 4.77. The number of hydrogen-bond donors (Lipinski definition) is 2. The average molecular weight is 261 g/mol. The van der Waals surface area contributed by atoms with Crippen molar-refractivity contribution in [3.05, 3.63) is 24.2 Å². The molecule has 0 spiro atoms. The van der Waals surface area contributed by atoms with Crippen molar-refractivity contribution in [1.29, 1.82) is 0 Å².